The van der Waals surface area contributed by atoms with E-state index in [0.29, 0.717) is 0 Å². The third-order valence-electron chi connectivity index (χ3n) is 3.51. The van der Waals surface area contributed by atoms with Crippen LogP contribution in [0.15, 0.2) is 12.1 Å². The highest BCUT2D eigenvalue weighted by Crippen LogP contribution is 2.34. The van der Waals surface area contributed by atoms with E-state index in [1.165, 1.54) is 20.3 Å². The van der Waals surface area contributed by atoms with E-state index in [1.807, 2.05) is 0 Å². The van der Waals surface area contributed by atoms with Crippen molar-refractivity contribution in [1.82, 2.24) is 5.32 Å². The summed E-state index contributed by atoms with van der Waals surface area (Å²) in [6.45, 7) is 0. The van der Waals surface area contributed by atoms with Gasteiger partial charge in [0.15, 0.2) is 21.3 Å². The molecule has 1 aromatic carbocycles. The van der Waals surface area contributed by atoms with E-state index < -0.39 is 32.4 Å². The van der Waals surface area contributed by atoms with Gasteiger partial charge in [0.25, 0.3) is 11.6 Å². The minimum atomic E-state index is -3.17. The standard InChI is InChI=1S/C13H16N2O7S/c1-21-11-5-9(10(15(17)18)6-12(11)22-2)13(16)14-8-3-4-23(19,20)7-8/h5-6,8H,3-4,7H2,1-2H3,(H,14,16)/t8-/m0/s1. The molecule has 2 rings (SSSR count). The third kappa shape index (κ3) is 3.70. The highest BCUT2D eigenvalue weighted by molar-refractivity contribution is 7.91. The number of sulfone groups is 1. The van der Waals surface area contributed by atoms with Crippen molar-refractivity contribution < 1.29 is 27.6 Å². The van der Waals surface area contributed by atoms with Crippen LogP contribution in [0.2, 0.25) is 0 Å². The first-order chi connectivity index (χ1) is 10.8. The first-order valence-corrected chi connectivity index (χ1v) is 8.51. The number of hydrogen-bond donors (Lipinski definition) is 1. The molecule has 1 heterocycles. The number of nitrogens with one attached hydrogen (secondary N) is 1. The smallest absolute Gasteiger partial charge is 0.286 e. The summed E-state index contributed by atoms with van der Waals surface area (Å²) in [6.07, 6.45) is 0.287. The molecular formula is C13H16N2O7S. The van der Waals surface area contributed by atoms with Gasteiger partial charge in [-0.05, 0) is 6.42 Å². The molecule has 0 bridgehead atoms. The number of carbonyl (C=O) groups is 1. The second-order valence-corrected chi connectivity index (χ2v) is 7.28. The number of benzene rings is 1. The molecular weight excluding hydrogens is 328 g/mol. The monoisotopic (exact) mass is 344 g/mol. The molecule has 10 heteroatoms. The topological polar surface area (TPSA) is 125 Å². The molecule has 23 heavy (non-hydrogen) atoms. The summed E-state index contributed by atoms with van der Waals surface area (Å²) in [7, 11) is -0.500. The molecule has 1 saturated heterocycles. The fourth-order valence-corrected chi connectivity index (χ4v) is 4.05. The van der Waals surface area contributed by atoms with Crippen LogP contribution < -0.4 is 14.8 Å². The van der Waals surface area contributed by atoms with E-state index >= 15 is 0 Å². The highest BCUT2D eigenvalue weighted by atomic mass is 32.2. The quantitative estimate of drug-likeness (QED) is 0.610. The van der Waals surface area contributed by atoms with Gasteiger partial charge >= 0.3 is 0 Å². The van der Waals surface area contributed by atoms with Crippen molar-refractivity contribution in [3.63, 3.8) is 0 Å². The second-order valence-electron chi connectivity index (χ2n) is 5.05. The van der Waals surface area contributed by atoms with Gasteiger partial charge in [0.05, 0.1) is 36.7 Å². The van der Waals surface area contributed by atoms with E-state index in [1.54, 1.807) is 0 Å². The van der Waals surface area contributed by atoms with E-state index in [0.717, 1.165) is 6.07 Å². The maximum Gasteiger partial charge on any atom is 0.286 e. The van der Waals surface area contributed by atoms with Crippen LogP contribution in [0.25, 0.3) is 0 Å². The molecule has 1 aliphatic rings. The summed E-state index contributed by atoms with van der Waals surface area (Å²) in [6, 6.07) is 1.75. The zero-order valence-corrected chi connectivity index (χ0v) is 13.4. The number of rotatable bonds is 5. The van der Waals surface area contributed by atoms with Crippen LogP contribution in [0.5, 0.6) is 11.5 Å². The summed E-state index contributed by atoms with van der Waals surface area (Å²) in [5.41, 5.74) is -0.655. The van der Waals surface area contributed by atoms with Crippen molar-refractivity contribution in [2.45, 2.75) is 12.5 Å². The average molecular weight is 344 g/mol. The van der Waals surface area contributed by atoms with Crippen LogP contribution in [0.4, 0.5) is 5.69 Å². The fourth-order valence-electron chi connectivity index (χ4n) is 2.37. The molecule has 1 aromatic rings. The number of nitro groups is 1. The van der Waals surface area contributed by atoms with E-state index in [2.05, 4.69) is 5.32 Å². The maximum absolute atomic E-state index is 12.3. The normalized spacial score (nSPS) is 19.1. The van der Waals surface area contributed by atoms with Crippen molar-refractivity contribution in [2.24, 2.45) is 0 Å². The van der Waals surface area contributed by atoms with Gasteiger partial charge in [0, 0.05) is 12.1 Å². The Morgan fingerprint density at radius 3 is 2.39 bits per heavy atom. The third-order valence-corrected chi connectivity index (χ3v) is 5.28. The van der Waals surface area contributed by atoms with Crippen LogP contribution in [-0.4, -0.2) is 51.0 Å². The minimum absolute atomic E-state index is 0.00796. The van der Waals surface area contributed by atoms with Gasteiger partial charge in [0.1, 0.15) is 5.56 Å². The van der Waals surface area contributed by atoms with Gasteiger partial charge in [-0.2, -0.15) is 0 Å². The highest BCUT2D eigenvalue weighted by Gasteiger charge is 2.31. The van der Waals surface area contributed by atoms with Crippen molar-refractivity contribution in [1.29, 1.82) is 0 Å². The Kier molecular flexibility index (Phi) is 4.73. The lowest BCUT2D eigenvalue weighted by atomic mass is 10.1. The summed E-state index contributed by atoms with van der Waals surface area (Å²) in [5, 5.41) is 13.7. The Labute approximate surface area is 132 Å². The second kappa shape index (κ2) is 6.41. The molecule has 1 fully saturated rings. The Morgan fingerprint density at radius 2 is 1.91 bits per heavy atom. The summed E-state index contributed by atoms with van der Waals surface area (Å²) >= 11 is 0. The molecule has 0 spiro atoms. The lowest BCUT2D eigenvalue weighted by molar-refractivity contribution is -0.385. The van der Waals surface area contributed by atoms with Crippen LogP contribution in [0.1, 0.15) is 16.8 Å². The number of amides is 1. The number of nitrogens with zero attached hydrogens (tertiary/aromatic N) is 1. The summed E-state index contributed by atoms with van der Waals surface area (Å²) in [4.78, 5) is 22.8. The van der Waals surface area contributed by atoms with Crippen LogP contribution in [0, 0.1) is 10.1 Å². The molecule has 9 nitrogen and oxygen atoms in total. The van der Waals surface area contributed by atoms with E-state index in [9.17, 15) is 23.3 Å². The number of nitro benzene ring substituents is 1. The van der Waals surface area contributed by atoms with Gasteiger partial charge in [-0.25, -0.2) is 8.42 Å². The van der Waals surface area contributed by atoms with E-state index in [-0.39, 0.29) is 35.0 Å². The van der Waals surface area contributed by atoms with Crippen LogP contribution in [0.3, 0.4) is 0 Å². The van der Waals surface area contributed by atoms with Crippen molar-refractivity contribution in [2.75, 3.05) is 25.7 Å². The Morgan fingerprint density at radius 1 is 1.30 bits per heavy atom. The van der Waals surface area contributed by atoms with Gasteiger partial charge in [0.2, 0.25) is 0 Å². The van der Waals surface area contributed by atoms with Gasteiger partial charge in [-0.1, -0.05) is 0 Å². The zero-order valence-electron chi connectivity index (χ0n) is 12.6. The number of hydrogen-bond acceptors (Lipinski definition) is 7. The van der Waals surface area contributed by atoms with Gasteiger partial charge < -0.3 is 14.8 Å². The lowest BCUT2D eigenvalue weighted by Gasteiger charge is -2.13. The Balaban J connectivity index is 2.33. The first kappa shape index (κ1) is 17.0. The summed E-state index contributed by atoms with van der Waals surface area (Å²) in [5.74, 6) is -0.604. The molecule has 1 aliphatic heterocycles. The molecule has 0 saturated carbocycles. The molecule has 0 unspecified atom stereocenters. The van der Waals surface area contributed by atoms with Crippen molar-refractivity contribution >= 4 is 21.4 Å². The zero-order chi connectivity index (χ0) is 17.2. The lowest BCUT2D eigenvalue weighted by Crippen LogP contribution is -2.35. The molecule has 126 valence electrons. The Hall–Kier alpha value is -2.36. The minimum Gasteiger partial charge on any atom is -0.493 e. The van der Waals surface area contributed by atoms with E-state index in [4.69, 9.17) is 9.47 Å². The number of ether oxygens (including phenoxy) is 2. The molecule has 1 amide bonds. The predicted octanol–water partition coefficient (Wildman–Crippen LogP) is 0.529. The summed E-state index contributed by atoms with van der Waals surface area (Å²) < 4.78 is 32.9. The molecule has 1 N–H and O–H groups in total. The molecule has 0 radical (unpaired) electrons. The van der Waals surface area contributed by atoms with Gasteiger partial charge in [-0.3, -0.25) is 14.9 Å². The Bertz CT molecular complexity index is 745. The van der Waals surface area contributed by atoms with Crippen molar-refractivity contribution in [3.05, 3.63) is 27.8 Å². The molecule has 1 atom stereocenters. The van der Waals surface area contributed by atoms with Gasteiger partial charge in [-0.15, -0.1) is 0 Å². The molecule has 0 aliphatic carbocycles. The maximum atomic E-state index is 12.3. The van der Waals surface area contributed by atoms with Crippen molar-refractivity contribution in [3.8, 4) is 11.5 Å². The fraction of sp³-hybridized carbons (Fsp3) is 0.462. The van der Waals surface area contributed by atoms with Crippen LogP contribution in [-0.2, 0) is 9.84 Å². The first-order valence-electron chi connectivity index (χ1n) is 6.69. The van der Waals surface area contributed by atoms with Crippen LogP contribution >= 0.6 is 0 Å². The number of methoxy groups -OCH3 is 2. The SMILES string of the molecule is COc1cc(C(=O)N[C@H]2CCS(=O)(=O)C2)c([N+](=O)[O-])cc1OC. The predicted molar refractivity (Wildman–Crippen MR) is 80.7 cm³/mol. The molecule has 0 aromatic heterocycles. The average Bonchev–Trinajstić information content (AvgIpc) is 2.84. The largest absolute Gasteiger partial charge is 0.493 e. The number of carbonyl (C=O) groups excluding carboxylic acids is 1.